The average molecular weight is 422 g/mol. The van der Waals surface area contributed by atoms with Gasteiger partial charge in [0.05, 0.1) is 12.0 Å². The third kappa shape index (κ3) is 4.22. The van der Waals surface area contributed by atoms with Crippen LogP contribution in [0, 0.1) is 5.92 Å². The summed E-state index contributed by atoms with van der Waals surface area (Å²) in [4.78, 5) is 26.5. The number of amides is 2. The van der Waals surface area contributed by atoms with Gasteiger partial charge in [-0.2, -0.15) is 0 Å². The molecular weight excluding hydrogens is 404 g/mol. The minimum Gasteiger partial charge on any atom is -0.349 e. The molecule has 1 saturated heterocycles. The third-order valence-electron chi connectivity index (χ3n) is 4.36. The second-order valence-electron chi connectivity index (χ2n) is 6.16. The molecule has 2 atom stereocenters. The average Bonchev–Trinajstić information content (AvgIpc) is 2.98. The van der Waals surface area contributed by atoms with Crippen molar-refractivity contribution >= 4 is 45.0 Å². The van der Waals surface area contributed by atoms with E-state index in [1.807, 2.05) is 43.3 Å². The Morgan fingerprint density at radius 3 is 2.48 bits per heavy atom. The van der Waals surface area contributed by atoms with Crippen LogP contribution in [-0.4, -0.2) is 18.4 Å². The van der Waals surface area contributed by atoms with Crippen LogP contribution in [-0.2, 0) is 9.59 Å². The Morgan fingerprint density at radius 1 is 1.20 bits per heavy atom. The van der Waals surface area contributed by atoms with E-state index < -0.39 is 0 Å². The molecule has 1 N–H and O–H groups in total. The number of carbonyl (C=O) groups is 2. The van der Waals surface area contributed by atoms with Gasteiger partial charge in [-0.1, -0.05) is 39.7 Å². The van der Waals surface area contributed by atoms with Crippen molar-refractivity contribution in [1.29, 1.82) is 0 Å². The lowest BCUT2D eigenvalue weighted by Crippen LogP contribution is -2.34. The van der Waals surface area contributed by atoms with Crippen LogP contribution >= 0.6 is 27.5 Å². The molecule has 4 nitrogen and oxygen atoms in total. The summed E-state index contributed by atoms with van der Waals surface area (Å²) in [5.74, 6) is -0.470. The zero-order valence-electron chi connectivity index (χ0n) is 13.7. The summed E-state index contributed by atoms with van der Waals surface area (Å²) in [6.45, 7) is 2.32. The van der Waals surface area contributed by atoms with Crippen LogP contribution in [0.1, 0.15) is 24.9 Å². The smallest absolute Gasteiger partial charge is 0.227 e. The van der Waals surface area contributed by atoms with Crippen LogP contribution in [0.5, 0.6) is 0 Å². The van der Waals surface area contributed by atoms with Crippen LogP contribution in [0.25, 0.3) is 0 Å². The maximum atomic E-state index is 12.5. The minimum absolute atomic E-state index is 0.0263. The second kappa shape index (κ2) is 7.58. The van der Waals surface area contributed by atoms with Crippen LogP contribution in [0.4, 0.5) is 5.69 Å². The van der Waals surface area contributed by atoms with E-state index in [1.165, 1.54) is 0 Å². The van der Waals surface area contributed by atoms with Crippen LogP contribution in [0.3, 0.4) is 0 Å². The lowest BCUT2D eigenvalue weighted by atomic mass is 10.1. The van der Waals surface area contributed by atoms with Gasteiger partial charge in [-0.05, 0) is 48.9 Å². The summed E-state index contributed by atoms with van der Waals surface area (Å²) >= 11 is 9.27. The summed E-state index contributed by atoms with van der Waals surface area (Å²) in [6, 6.07) is 14.8. The number of anilines is 1. The molecule has 0 spiro atoms. The topological polar surface area (TPSA) is 49.4 Å². The molecule has 2 unspecified atom stereocenters. The van der Waals surface area contributed by atoms with Crippen LogP contribution < -0.4 is 10.2 Å². The summed E-state index contributed by atoms with van der Waals surface area (Å²) in [7, 11) is 0. The first-order chi connectivity index (χ1) is 11.9. The highest BCUT2D eigenvalue weighted by molar-refractivity contribution is 9.10. The fraction of sp³-hybridized carbons (Fsp3) is 0.263. The first kappa shape index (κ1) is 18.0. The van der Waals surface area contributed by atoms with E-state index in [0.717, 1.165) is 15.7 Å². The molecule has 2 aromatic rings. The van der Waals surface area contributed by atoms with E-state index in [2.05, 4.69) is 21.2 Å². The molecule has 2 aromatic carbocycles. The van der Waals surface area contributed by atoms with Crippen molar-refractivity contribution < 1.29 is 9.59 Å². The molecule has 0 aromatic heterocycles. The Hall–Kier alpha value is -1.85. The quantitative estimate of drug-likeness (QED) is 0.798. The Morgan fingerprint density at radius 2 is 1.84 bits per heavy atom. The van der Waals surface area contributed by atoms with Gasteiger partial charge in [-0.15, -0.1) is 0 Å². The molecule has 0 saturated carbocycles. The van der Waals surface area contributed by atoms with Gasteiger partial charge in [0.15, 0.2) is 0 Å². The van der Waals surface area contributed by atoms with E-state index in [4.69, 9.17) is 11.6 Å². The largest absolute Gasteiger partial charge is 0.349 e. The molecule has 0 aliphatic carbocycles. The summed E-state index contributed by atoms with van der Waals surface area (Å²) in [5.41, 5.74) is 1.79. The number of hydrogen-bond acceptors (Lipinski definition) is 2. The van der Waals surface area contributed by atoms with Crippen molar-refractivity contribution in [3.63, 3.8) is 0 Å². The maximum Gasteiger partial charge on any atom is 0.227 e. The fourth-order valence-corrected chi connectivity index (χ4v) is 3.31. The van der Waals surface area contributed by atoms with Crippen molar-refractivity contribution in [3.8, 4) is 0 Å². The van der Waals surface area contributed by atoms with Crippen molar-refractivity contribution in [3.05, 3.63) is 63.6 Å². The van der Waals surface area contributed by atoms with Gasteiger partial charge in [0, 0.05) is 28.1 Å². The highest BCUT2D eigenvalue weighted by atomic mass is 79.9. The highest BCUT2D eigenvalue weighted by Crippen LogP contribution is 2.27. The van der Waals surface area contributed by atoms with E-state index >= 15 is 0 Å². The minimum atomic E-state index is -0.342. The molecule has 1 fully saturated rings. The molecule has 1 aliphatic heterocycles. The van der Waals surface area contributed by atoms with Crippen LogP contribution in [0.15, 0.2) is 53.0 Å². The molecule has 0 radical (unpaired) electrons. The van der Waals surface area contributed by atoms with Gasteiger partial charge >= 0.3 is 0 Å². The van der Waals surface area contributed by atoms with Gasteiger partial charge < -0.3 is 10.2 Å². The zero-order valence-corrected chi connectivity index (χ0v) is 16.0. The van der Waals surface area contributed by atoms with Crippen LogP contribution in [0.2, 0.25) is 5.02 Å². The van der Waals surface area contributed by atoms with E-state index in [-0.39, 0.29) is 30.2 Å². The first-order valence-corrected chi connectivity index (χ1v) is 9.23. The van der Waals surface area contributed by atoms with Gasteiger partial charge in [0.25, 0.3) is 0 Å². The SMILES string of the molecule is CC(NC(=O)C1CC(=O)N(c2ccc(Br)cc2)C1)c1ccc(Cl)cc1. The Labute approximate surface area is 160 Å². The molecule has 3 rings (SSSR count). The number of carbonyl (C=O) groups excluding carboxylic acids is 2. The standard InChI is InChI=1S/C19H18BrClN2O2/c1-12(13-2-6-16(21)7-3-13)22-19(25)14-10-18(24)23(11-14)17-8-4-15(20)5-9-17/h2-9,12,14H,10-11H2,1H3,(H,22,25). The molecule has 130 valence electrons. The molecule has 25 heavy (non-hydrogen) atoms. The number of benzene rings is 2. The fourth-order valence-electron chi connectivity index (χ4n) is 2.92. The summed E-state index contributed by atoms with van der Waals surface area (Å²) in [6.07, 6.45) is 0.231. The molecule has 6 heteroatoms. The maximum absolute atomic E-state index is 12.5. The number of nitrogens with zero attached hydrogens (tertiary/aromatic N) is 1. The normalized spacial score (nSPS) is 18.3. The first-order valence-electron chi connectivity index (χ1n) is 8.06. The zero-order chi connectivity index (χ0) is 18.0. The van der Waals surface area contributed by atoms with Gasteiger partial charge in [0.1, 0.15) is 0 Å². The number of rotatable bonds is 4. The lowest BCUT2D eigenvalue weighted by molar-refractivity contribution is -0.126. The Bertz CT molecular complexity index is 777. The van der Waals surface area contributed by atoms with Crippen molar-refractivity contribution in [2.45, 2.75) is 19.4 Å². The van der Waals surface area contributed by atoms with E-state index in [9.17, 15) is 9.59 Å². The molecule has 1 aliphatic rings. The lowest BCUT2D eigenvalue weighted by Gasteiger charge is -2.19. The second-order valence-corrected chi connectivity index (χ2v) is 7.52. The van der Waals surface area contributed by atoms with Crippen molar-refractivity contribution in [2.24, 2.45) is 5.92 Å². The van der Waals surface area contributed by atoms with E-state index in [0.29, 0.717) is 11.6 Å². The summed E-state index contributed by atoms with van der Waals surface area (Å²) in [5, 5.41) is 3.65. The predicted octanol–water partition coefficient (Wildman–Crippen LogP) is 4.33. The molecule has 0 bridgehead atoms. The van der Waals surface area contributed by atoms with Crippen molar-refractivity contribution in [2.75, 3.05) is 11.4 Å². The number of halogens is 2. The highest BCUT2D eigenvalue weighted by Gasteiger charge is 2.35. The third-order valence-corrected chi connectivity index (χ3v) is 5.14. The number of hydrogen-bond donors (Lipinski definition) is 1. The molecular formula is C19H18BrClN2O2. The van der Waals surface area contributed by atoms with Crippen molar-refractivity contribution in [1.82, 2.24) is 5.32 Å². The van der Waals surface area contributed by atoms with Gasteiger partial charge in [0.2, 0.25) is 11.8 Å². The Balaban J connectivity index is 1.64. The summed E-state index contributed by atoms with van der Waals surface area (Å²) < 4.78 is 0.953. The molecule has 1 heterocycles. The van der Waals surface area contributed by atoms with Gasteiger partial charge in [-0.25, -0.2) is 0 Å². The van der Waals surface area contributed by atoms with E-state index in [1.54, 1.807) is 17.0 Å². The van der Waals surface area contributed by atoms with Gasteiger partial charge in [-0.3, -0.25) is 9.59 Å². The number of nitrogens with one attached hydrogen (secondary N) is 1. The molecule has 2 amide bonds. The Kier molecular flexibility index (Phi) is 5.45. The monoisotopic (exact) mass is 420 g/mol. The predicted molar refractivity (Wildman–Crippen MR) is 103 cm³/mol.